The molecule has 1 aromatic carbocycles. The molecule has 0 heterocycles. The molecule has 0 saturated heterocycles. The van der Waals surface area contributed by atoms with E-state index >= 15 is 0 Å². The highest BCUT2D eigenvalue weighted by Crippen LogP contribution is 2.08. The van der Waals surface area contributed by atoms with Gasteiger partial charge < -0.3 is 15.1 Å². The van der Waals surface area contributed by atoms with Crippen molar-refractivity contribution in [2.75, 3.05) is 13.1 Å². The number of nitrogens with zero attached hydrogens (tertiary/aromatic N) is 1. The fraction of sp³-hybridized carbons (Fsp3) is 0.462. The number of hydrogen-bond acceptors (Lipinski definition) is 3. The predicted octanol–water partition coefficient (Wildman–Crippen LogP) is 1.03. The molecule has 0 radical (unpaired) electrons. The van der Waals surface area contributed by atoms with Gasteiger partial charge in [0.2, 0.25) is 0 Å². The Balaban J connectivity index is 2.83. The summed E-state index contributed by atoms with van der Waals surface area (Å²) in [5.74, 6) is -0.749. The SMILES string of the molecule is C[C@H](O)CN(C[C@@H](C)O)C(=O)c1ccc(F)cc1. The van der Waals surface area contributed by atoms with Crippen molar-refractivity contribution in [1.82, 2.24) is 4.90 Å². The van der Waals surface area contributed by atoms with E-state index < -0.39 is 18.0 Å². The fourth-order valence-electron chi connectivity index (χ4n) is 1.65. The van der Waals surface area contributed by atoms with Gasteiger partial charge in [-0.1, -0.05) is 0 Å². The average molecular weight is 255 g/mol. The molecule has 1 aromatic rings. The summed E-state index contributed by atoms with van der Waals surface area (Å²) >= 11 is 0. The number of amides is 1. The molecule has 2 atom stereocenters. The van der Waals surface area contributed by atoms with Crippen LogP contribution in [0.1, 0.15) is 24.2 Å². The second-order valence-corrected chi connectivity index (χ2v) is 4.42. The van der Waals surface area contributed by atoms with Gasteiger partial charge in [-0.3, -0.25) is 4.79 Å². The number of halogens is 1. The molecule has 1 amide bonds. The van der Waals surface area contributed by atoms with Crippen LogP contribution in [0, 0.1) is 5.82 Å². The number of aliphatic hydroxyl groups excluding tert-OH is 2. The Morgan fingerprint density at radius 2 is 1.61 bits per heavy atom. The second-order valence-electron chi connectivity index (χ2n) is 4.42. The van der Waals surface area contributed by atoms with Crippen molar-refractivity contribution in [3.8, 4) is 0 Å². The standard InChI is InChI=1S/C13H18FNO3/c1-9(16)7-15(8-10(2)17)13(18)11-3-5-12(14)6-4-11/h3-6,9-10,16-17H,7-8H2,1-2H3/t9-,10+. The number of aliphatic hydroxyl groups is 2. The summed E-state index contributed by atoms with van der Waals surface area (Å²) in [6.45, 7) is 3.38. The minimum Gasteiger partial charge on any atom is -0.392 e. The van der Waals surface area contributed by atoms with Crippen molar-refractivity contribution in [2.24, 2.45) is 0 Å². The maximum atomic E-state index is 12.8. The van der Waals surface area contributed by atoms with Crippen LogP contribution < -0.4 is 0 Å². The Hall–Kier alpha value is -1.46. The van der Waals surface area contributed by atoms with Gasteiger partial charge in [-0.05, 0) is 38.1 Å². The van der Waals surface area contributed by atoms with Gasteiger partial charge in [-0.25, -0.2) is 4.39 Å². The molecule has 100 valence electrons. The lowest BCUT2D eigenvalue weighted by Crippen LogP contribution is -2.40. The molecule has 0 aromatic heterocycles. The molecule has 0 aliphatic heterocycles. The molecule has 0 aliphatic carbocycles. The molecule has 2 N–H and O–H groups in total. The van der Waals surface area contributed by atoms with Crippen molar-refractivity contribution in [3.63, 3.8) is 0 Å². The van der Waals surface area contributed by atoms with E-state index in [4.69, 9.17) is 0 Å². The third-order valence-electron chi connectivity index (χ3n) is 2.35. The first-order valence-corrected chi connectivity index (χ1v) is 5.81. The zero-order valence-electron chi connectivity index (χ0n) is 10.5. The van der Waals surface area contributed by atoms with Crippen LogP contribution in [-0.2, 0) is 0 Å². The first-order chi connectivity index (χ1) is 8.40. The summed E-state index contributed by atoms with van der Waals surface area (Å²) in [5.41, 5.74) is 0.331. The lowest BCUT2D eigenvalue weighted by atomic mass is 10.1. The molecule has 0 unspecified atom stereocenters. The maximum Gasteiger partial charge on any atom is 0.254 e. The maximum absolute atomic E-state index is 12.8. The van der Waals surface area contributed by atoms with Gasteiger partial charge >= 0.3 is 0 Å². The lowest BCUT2D eigenvalue weighted by Gasteiger charge is -2.25. The Morgan fingerprint density at radius 1 is 1.17 bits per heavy atom. The van der Waals surface area contributed by atoms with E-state index in [0.717, 1.165) is 0 Å². The summed E-state index contributed by atoms with van der Waals surface area (Å²) in [5, 5.41) is 18.7. The highest BCUT2D eigenvalue weighted by atomic mass is 19.1. The van der Waals surface area contributed by atoms with Crippen molar-refractivity contribution >= 4 is 5.91 Å². The zero-order chi connectivity index (χ0) is 13.7. The van der Waals surface area contributed by atoms with Crippen LogP contribution in [0.15, 0.2) is 24.3 Å². The highest BCUT2D eigenvalue weighted by Gasteiger charge is 2.18. The van der Waals surface area contributed by atoms with Gasteiger partial charge in [-0.15, -0.1) is 0 Å². The van der Waals surface area contributed by atoms with Crippen LogP contribution in [0.4, 0.5) is 4.39 Å². The Bertz CT molecular complexity index is 380. The molecule has 0 saturated carbocycles. The van der Waals surface area contributed by atoms with Crippen molar-refractivity contribution in [3.05, 3.63) is 35.6 Å². The smallest absolute Gasteiger partial charge is 0.254 e. The highest BCUT2D eigenvalue weighted by molar-refractivity contribution is 5.94. The van der Waals surface area contributed by atoms with Crippen LogP contribution >= 0.6 is 0 Å². The Labute approximate surface area is 106 Å². The Morgan fingerprint density at radius 3 is 2.00 bits per heavy atom. The second kappa shape index (κ2) is 6.47. The summed E-state index contributed by atoms with van der Waals surface area (Å²) in [6.07, 6.45) is -1.37. The van der Waals surface area contributed by atoms with Crippen molar-refractivity contribution in [2.45, 2.75) is 26.1 Å². The Kier molecular flexibility index (Phi) is 5.25. The van der Waals surface area contributed by atoms with E-state index in [1.807, 2.05) is 0 Å². The molecule has 5 heteroatoms. The molecular weight excluding hydrogens is 237 g/mol. The van der Waals surface area contributed by atoms with Crippen LogP contribution in [-0.4, -0.2) is 46.3 Å². The van der Waals surface area contributed by atoms with Gasteiger partial charge in [0.05, 0.1) is 12.2 Å². The average Bonchev–Trinajstić information content (AvgIpc) is 2.27. The topological polar surface area (TPSA) is 60.8 Å². The normalized spacial score (nSPS) is 14.1. The predicted molar refractivity (Wildman–Crippen MR) is 65.7 cm³/mol. The van der Waals surface area contributed by atoms with Gasteiger partial charge in [0.1, 0.15) is 5.82 Å². The molecule has 0 spiro atoms. The zero-order valence-corrected chi connectivity index (χ0v) is 10.5. The minimum atomic E-state index is -0.687. The molecule has 0 bridgehead atoms. The monoisotopic (exact) mass is 255 g/mol. The first kappa shape index (κ1) is 14.6. The quantitative estimate of drug-likeness (QED) is 0.826. The minimum absolute atomic E-state index is 0.126. The number of carbonyl (C=O) groups is 1. The number of benzene rings is 1. The van der Waals surface area contributed by atoms with Gasteiger partial charge in [-0.2, -0.15) is 0 Å². The van der Waals surface area contributed by atoms with E-state index in [-0.39, 0.29) is 19.0 Å². The summed E-state index contributed by atoms with van der Waals surface area (Å²) in [4.78, 5) is 13.5. The van der Waals surface area contributed by atoms with E-state index in [2.05, 4.69) is 0 Å². The fourth-order valence-corrected chi connectivity index (χ4v) is 1.65. The van der Waals surface area contributed by atoms with Crippen LogP contribution in [0.25, 0.3) is 0 Å². The third-order valence-corrected chi connectivity index (χ3v) is 2.35. The summed E-state index contributed by atoms with van der Waals surface area (Å²) in [7, 11) is 0. The summed E-state index contributed by atoms with van der Waals surface area (Å²) < 4.78 is 12.8. The van der Waals surface area contributed by atoms with Crippen LogP contribution in [0.3, 0.4) is 0 Å². The molecule has 18 heavy (non-hydrogen) atoms. The molecule has 4 nitrogen and oxygen atoms in total. The third kappa shape index (κ3) is 4.43. The van der Waals surface area contributed by atoms with Gasteiger partial charge in [0.15, 0.2) is 0 Å². The largest absolute Gasteiger partial charge is 0.392 e. The number of hydrogen-bond donors (Lipinski definition) is 2. The van der Waals surface area contributed by atoms with Crippen LogP contribution in [0.2, 0.25) is 0 Å². The summed E-state index contributed by atoms with van der Waals surface area (Å²) in [6, 6.07) is 5.18. The molecule has 1 rings (SSSR count). The first-order valence-electron chi connectivity index (χ1n) is 5.81. The van der Waals surface area contributed by atoms with Gasteiger partial charge in [0.25, 0.3) is 5.91 Å². The van der Waals surface area contributed by atoms with E-state index in [9.17, 15) is 19.4 Å². The number of rotatable bonds is 5. The van der Waals surface area contributed by atoms with Gasteiger partial charge in [0, 0.05) is 18.7 Å². The molecular formula is C13H18FNO3. The van der Waals surface area contributed by atoms with E-state index in [0.29, 0.717) is 5.56 Å². The van der Waals surface area contributed by atoms with Crippen LogP contribution in [0.5, 0.6) is 0 Å². The van der Waals surface area contributed by atoms with Crippen molar-refractivity contribution in [1.29, 1.82) is 0 Å². The van der Waals surface area contributed by atoms with E-state index in [1.54, 1.807) is 13.8 Å². The lowest BCUT2D eigenvalue weighted by molar-refractivity contribution is 0.0518. The molecule has 0 fully saturated rings. The number of carbonyl (C=O) groups excluding carboxylic acids is 1. The van der Waals surface area contributed by atoms with E-state index in [1.165, 1.54) is 29.2 Å². The van der Waals surface area contributed by atoms with Crippen molar-refractivity contribution < 1.29 is 19.4 Å². The molecule has 0 aliphatic rings.